The second-order valence-corrected chi connectivity index (χ2v) is 1.38. The van der Waals surface area contributed by atoms with Gasteiger partial charge in [0.05, 0.1) is 13.0 Å². The van der Waals surface area contributed by atoms with Gasteiger partial charge in [0.15, 0.2) is 0 Å². The van der Waals surface area contributed by atoms with Gasteiger partial charge in [0.25, 0.3) is 0 Å². The molecule has 0 spiro atoms. The van der Waals surface area contributed by atoms with Gasteiger partial charge >= 0.3 is 6.09 Å². The van der Waals surface area contributed by atoms with Crippen LogP contribution in [0.15, 0.2) is 5.10 Å². The number of ether oxygens (including phenoxy) is 1. The van der Waals surface area contributed by atoms with Crippen LogP contribution in [-0.4, -0.2) is 25.3 Å². The van der Waals surface area contributed by atoms with Gasteiger partial charge in [-0.05, 0) is 0 Å². The van der Waals surface area contributed by atoms with Gasteiger partial charge in [0, 0.05) is 6.21 Å². The van der Waals surface area contributed by atoms with E-state index in [4.69, 9.17) is 11.6 Å². The second-order valence-electron chi connectivity index (χ2n) is 1.07. The summed E-state index contributed by atoms with van der Waals surface area (Å²) < 4.78 is 4.19. The average Bonchev–Trinajstić information content (AvgIpc) is 1.89. The highest BCUT2D eigenvalue weighted by atomic mass is 35.5. The predicted octanol–water partition coefficient (Wildman–Crippen LogP) is 0.729. The summed E-state index contributed by atoms with van der Waals surface area (Å²) in [5, 5.41) is 3.38. The van der Waals surface area contributed by atoms with Crippen LogP contribution < -0.4 is 11.6 Å². The van der Waals surface area contributed by atoms with Gasteiger partial charge in [0.2, 0.25) is 0 Å². The van der Waals surface area contributed by atoms with E-state index in [1.165, 1.54) is 13.3 Å². The predicted molar refractivity (Wildman–Crippen MR) is 39.8 cm³/mol. The molecule has 0 aliphatic rings. The fraction of sp³-hybridized carbons (Fsp3) is 0.500. The number of nitrogens with zero attached hydrogens (tertiary/aromatic N) is 1. The highest BCUT2D eigenvalue weighted by Crippen LogP contribution is 1.70. The molecule has 0 aliphatic heterocycles. The Balaban J connectivity index is 0. The van der Waals surface area contributed by atoms with Crippen molar-refractivity contribution in [1.29, 1.82) is 0 Å². The monoisotopic (exact) mass is 167 g/mol. The molecule has 0 aromatic heterocycles. The Labute approximate surface area is 64.0 Å². The molecule has 0 rings (SSSR count). The molecular formula is C4H10ClN3O2. The van der Waals surface area contributed by atoms with Crippen molar-refractivity contribution in [2.45, 2.75) is 0 Å². The average molecular weight is 168 g/mol. The molecule has 0 saturated carbocycles. The maximum Gasteiger partial charge on any atom is 0.427 e. The molecule has 0 aromatic rings. The fourth-order valence-corrected chi connectivity index (χ4v) is 0.248. The Bertz CT molecular complexity index is 117. The lowest BCUT2D eigenvalue weighted by atomic mass is 10.9. The van der Waals surface area contributed by atoms with Crippen molar-refractivity contribution in [2.75, 3.05) is 13.0 Å². The maximum absolute atomic E-state index is 10.2. The largest absolute Gasteiger partial charge is 0.452 e. The summed E-state index contributed by atoms with van der Waals surface area (Å²) in [7, 11) is 1.26. The number of hydrogen-bond acceptors (Lipinski definition) is 4. The summed E-state index contributed by atoms with van der Waals surface area (Å²) in [5.41, 5.74) is 2.06. The van der Waals surface area contributed by atoms with Crippen molar-refractivity contribution in [1.82, 2.24) is 11.6 Å². The van der Waals surface area contributed by atoms with E-state index < -0.39 is 6.09 Å². The maximum atomic E-state index is 10.2. The Morgan fingerprint density at radius 3 is 2.90 bits per heavy atom. The molecule has 5 nitrogen and oxygen atoms in total. The fourth-order valence-electron chi connectivity index (χ4n) is 0.178. The summed E-state index contributed by atoms with van der Waals surface area (Å²) in [6.45, 7) is 0. The second kappa shape index (κ2) is 8.19. The van der Waals surface area contributed by atoms with Crippen LogP contribution in [0.1, 0.15) is 0 Å². The van der Waals surface area contributed by atoms with Crippen molar-refractivity contribution >= 4 is 23.9 Å². The molecule has 10 heavy (non-hydrogen) atoms. The molecule has 0 radical (unpaired) electrons. The van der Waals surface area contributed by atoms with Crippen LogP contribution in [-0.2, 0) is 4.74 Å². The minimum Gasteiger partial charge on any atom is -0.452 e. The van der Waals surface area contributed by atoms with E-state index >= 15 is 0 Å². The smallest absolute Gasteiger partial charge is 0.427 e. The SMILES string of the molecule is COC(=O)N/N=C/CCl.N. The van der Waals surface area contributed by atoms with Crippen LogP contribution in [0.3, 0.4) is 0 Å². The highest BCUT2D eigenvalue weighted by molar-refractivity contribution is 6.24. The quantitative estimate of drug-likeness (QED) is 0.361. The molecule has 0 aliphatic carbocycles. The first-order valence-corrected chi connectivity index (χ1v) is 2.76. The van der Waals surface area contributed by atoms with Gasteiger partial charge in [-0.3, -0.25) is 0 Å². The third-order valence-electron chi connectivity index (χ3n) is 0.502. The van der Waals surface area contributed by atoms with Gasteiger partial charge < -0.3 is 10.9 Å². The minimum atomic E-state index is -0.601. The van der Waals surface area contributed by atoms with Crippen molar-refractivity contribution in [2.24, 2.45) is 5.10 Å². The zero-order valence-corrected chi connectivity index (χ0v) is 6.39. The van der Waals surface area contributed by atoms with Crippen molar-refractivity contribution in [3.63, 3.8) is 0 Å². The third-order valence-corrected chi connectivity index (χ3v) is 0.640. The van der Waals surface area contributed by atoms with Crippen LogP contribution in [0.5, 0.6) is 0 Å². The molecule has 60 valence electrons. The molecule has 0 fully saturated rings. The molecule has 4 N–H and O–H groups in total. The summed E-state index contributed by atoms with van der Waals surface area (Å²) in [4.78, 5) is 10.2. The number of carbonyl (C=O) groups is 1. The summed E-state index contributed by atoms with van der Waals surface area (Å²) in [5.74, 6) is 0.268. The first-order valence-electron chi connectivity index (χ1n) is 2.22. The lowest BCUT2D eigenvalue weighted by Crippen LogP contribution is -2.16. The zero-order valence-electron chi connectivity index (χ0n) is 5.63. The number of hydrazone groups is 1. The normalized spacial score (nSPS) is 8.60. The van der Waals surface area contributed by atoms with E-state index in [9.17, 15) is 4.79 Å². The lowest BCUT2D eigenvalue weighted by Gasteiger charge is -1.92. The van der Waals surface area contributed by atoms with Crippen molar-refractivity contribution in [3.05, 3.63) is 0 Å². The van der Waals surface area contributed by atoms with Crippen molar-refractivity contribution < 1.29 is 9.53 Å². The molecule has 0 bridgehead atoms. The van der Waals surface area contributed by atoms with E-state index in [0.717, 1.165) is 0 Å². The van der Waals surface area contributed by atoms with Crippen LogP contribution in [0.4, 0.5) is 4.79 Å². The zero-order chi connectivity index (χ0) is 7.11. The van der Waals surface area contributed by atoms with Gasteiger partial charge in [-0.25, -0.2) is 10.2 Å². The number of amides is 1. The first-order chi connectivity index (χ1) is 4.31. The summed E-state index contributed by atoms with van der Waals surface area (Å²) in [6.07, 6.45) is 0.745. The van der Waals surface area contributed by atoms with Crippen LogP contribution >= 0.6 is 11.6 Å². The topological polar surface area (TPSA) is 85.7 Å². The standard InChI is InChI=1S/C4H7ClN2O2.H3N/c1-9-4(8)7-6-3-2-5;/h3H,2H2,1H3,(H,7,8);1H3/b6-3+;. The van der Waals surface area contributed by atoms with Crippen LogP contribution in [0.2, 0.25) is 0 Å². The number of alkyl halides is 1. The van der Waals surface area contributed by atoms with E-state index in [-0.39, 0.29) is 12.0 Å². The third kappa shape index (κ3) is 7.19. The molecule has 0 aromatic carbocycles. The Morgan fingerprint density at radius 1 is 1.90 bits per heavy atom. The number of nitrogens with one attached hydrogen (secondary N) is 1. The molecule has 6 heteroatoms. The lowest BCUT2D eigenvalue weighted by molar-refractivity contribution is 0.171. The van der Waals surface area contributed by atoms with E-state index in [1.54, 1.807) is 0 Å². The first kappa shape index (κ1) is 11.9. The molecule has 0 atom stereocenters. The van der Waals surface area contributed by atoms with Crippen LogP contribution in [0.25, 0.3) is 0 Å². The van der Waals surface area contributed by atoms with Gasteiger partial charge in [-0.15, -0.1) is 11.6 Å². The number of carbonyl (C=O) groups excluding carboxylic acids is 1. The van der Waals surface area contributed by atoms with E-state index in [1.807, 2.05) is 0 Å². The Hall–Kier alpha value is -0.810. The Kier molecular flexibility index (Phi) is 9.77. The number of hydrogen-bond donors (Lipinski definition) is 2. The van der Waals surface area contributed by atoms with Gasteiger partial charge in [0.1, 0.15) is 0 Å². The van der Waals surface area contributed by atoms with Crippen molar-refractivity contribution in [3.8, 4) is 0 Å². The minimum absolute atomic E-state index is 0. The highest BCUT2D eigenvalue weighted by Gasteiger charge is 1.90. The van der Waals surface area contributed by atoms with E-state index in [0.29, 0.717) is 0 Å². The molecule has 0 saturated heterocycles. The van der Waals surface area contributed by atoms with Crippen LogP contribution in [0, 0.1) is 0 Å². The summed E-state index contributed by atoms with van der Waals surface area (Å²) >= 11 is 5.19. The molecule has 0 heterocycles. The molecule has 0 unspecified atom stereocenters. The number of halogens is 1. The van der Waals surface area contributed by atoms with Gasteiger partial charge in [-0.2, -0.15) is 5.10 Å². The van der Waals surface area contributed by atoms with E-state index in [2.05, 4.69) is 15.3 Å². The summed E-state index contributed by atoms with van der Waals surface area (Å²) in [6, 6.07) is 0. The van der Waals surface area contributed by atoms with Gasteiger partial charge in [-0.1, -0.05) is 0 Å². The number of rotatable bonds is 2. The Morgan fingerprint density at radius 2 is 2.50 bits per heavy atom. The molecule has 1 amide bonds. The molecular weight excluding hydrogens is 158 g/mol. The number of methoxy groups -OCH3 is 1.